The Kier molecular flexibility index (Phi) is 4.50. The van der Waals surface area contributed by atoms with Gasteiger partial charge in [-0.15, -0.1) is 0 Å². The second-order valence-electron chi connectivity index (χ2n) is 6.27. The Morgan fingerprint density at radius 3 is 2.39 bits per heavy atom. The highest BCUT2D eigenvalue weighted by atomic mass is 79.9. The van der Waals surface area contributed by atoms with E-state index in [4.69, 9.17) is 0 Å². The van der Waals surface area contributed by atoms with Crippen LogP contribution in [0.25, 0.3) is 0 Å². The van der Waals surface area contributed by atoms with Gasteiger partial charge in [-0.1, -0.05) is 48.8 Å². The van der Waals surface area contributed by atoms with Crippen molar-refractivity contribution in [3.63, 3.8) is 0 Å². The van der Waals surface area contributed by atoms with Gasteiger partial charge in [-0.05, 0) is 48.3 Å². The molecule has 0 bridgehead atoms. The molecule has 1 aliphatic carbocycles. The molecule has 1 fully saturated rings. The molecule has 18 heavy (non-hydrogen) atoms. The molecule has 1 aromatic carbocycles. The molecule has 100 valence electrons. The highest BCUT2D eigenvalue weighted by Gasteiger charge is 2.31. The van der Waals surface area contributed by atoms with Crippen molar-refractivity contribution < 1.29 is 0 Å². The zero-order valence-electron chi connectivity index (χ0n) is 11.7. The third-order valence-corrected chi connectivity index (χ3v) is 4.82. The minimum absolute atomic E-state index is 0.344. The normalized spacial score (nSPS) is 18.9. The van der Waals surface area contributed by atoms with Crippen molar-refractivity contribution in [3.8, 4) is 0 Å². The minimum Gasteiger partial charge on any atom is -0.313 e. The van der Waals surface area contributed by atoms with E-state index in [1.807, 2.05) is 0 Å². The molecule has 0 saturated heterocycles. The average molecular weight is 310 g/mol. The summed E-state index contributed by atoms with van der Waals surface area (Å²) in [6.45, 7) is 8.22. The molecule has 0 amide bonds. The summed E-state index contributed by atoms with van der Waals surface area (Å²) < 4.78 is 1.16. The predicted octanol–water partition coefficient (Wildman–Crippen LogP) is 4.41. The summed E-state index contributed by atoms with van der Waals surface area (Å²) in [5, 5.41) is 3.70. The fraction of sp³-hybridized carbons (Fsp3) is 0.625. The molecule has 1 saturated carbocycles. The Labute approximate surface area is 119 Å². The van der Waals surface area contributed by atoms with Crippen molar-refractivity contribution in [1.29, 1.82) is 0 Å². The average Bonchev–Trinajstić information content (AvgIpc) is 3.13. The Hall–Kier alpha value is -0.340. The summed E-state index contributed by atoms with van der Waals surface area (Å²) in [7, 11) is 0. The zero-order chi connectivity index (χ0) is 13.2. The van der Waals surface area contributed by atoms with Crippen LogP contribution in [0, 0.1) is 11.3 Å². The van der Waals surface area contributed by atoms with E-state index in [1.165, 1.54) is 18.4 Å². The fourth-order valence-electron chi connectivity index (χ4n) is 2.20. The highest BCUT2D eigenvalue weighted by Crippen LogP contribution is 2.32. The smallest absolute Gasteiger partial charge is 0.0175 e. The van der Waals surface area contributed by atoms with Gasteiger partial charge >= 0.3 is 0 Å². The van der Waals surface area contributed by atoms with Crippen molar-refractivity contribution in [1.82, 2.24) is 5.32 Å². The third-order valence-electron chi connectivity index (χ3n) is 4.29. The second-order valence-corrected chi connectivity index (χ2v) is 7.18. The number of nitrogens with one attached hydrogen (secondary N) is 1. The number of benzene rings is 1. The molecule has 1 nitrogen and oxygen atoms in total. The van der Waals surface area contributed by atoms with Crippen LogP contribution in [0.1, 0.15) is 39.2 Å². The van der Waals surface area contributed by atoms with E-state index >= 15 is 0 Å². The molecule has 1 unspecified atom stereocenters. The van der Waals surface area contributed by atoms with Crippen LogP contribution in [-0.4, -0.2) is 12.6 Å². The maximum absolute atomic E-state index is 3.70. The van der Waals surface area contributed by atoms with Gasteiger partial charge in [0.05, 0.1) is 0 Å². The van der Waals surface area contributed by atoms with Crippen molar-refractivity contribution in [2.45, 2.75) is 46.1 Å². The van der Waals surface area contributed by atoms with E-state index in [-0.39, 0.29) is 0 Å². The first-order chi connectivity index (χ1) is 8.49. The quantitative estimate of drug-likeness (QED) is 0.821. The lowest BCUT2D eigenvalue weighted by Crippen LogP contribution is -2.38. The minimum atomic E-state index is 0.344. The van der Waals surface area contributed by atoms with E-state index in [0.717, 1.165) is 23.5 Å². The third kappa shape index (κ3) is 3.83. The van der Waals surface area contributed by atoms with Gasteiger partial charge in [0.2, 0.25) is 0 Å². The van der Waals surface area contributed by atoms with Gasteiger partial charge < -0.3 is 5.32 Å². The van der Waals surface area contributed by atoms with Crippen LogP contribution in [0.4, 0.5) is 0 Å². The molecule has 0 radical (unpaired) electrons. The van der Waals surface area contributed by atoms with E-state index in [9.17, 15) is 0 Å². The van der Waals surface area contributed by atoms with Gasteiger partial charge in [-0.2, -0.15) is 0 Å². The van der Waals surface area contributed by atoms with Gasteiger partial charge in [0.25, 0.3) is 0 Å². The number of hydrogen-bond acceptors (Lipinski definition) is 1. The van der Waals surface area contributed by atoms with Crippen LogP contribution >= 0.6 is 15.9 Å². The van der Waals surface area contributed by atoms with Crippen LogP contribution in [0.5, 0.6) is 0 Å². The number of rotatable bonds is 6. The Balaban J connectivity index is 2.01. The van der Waals surface area contributed by atoms with E-state index in [0.29, 0.717) is 11.3 Å². The lowest BCUT2D eigenvalue weighted by atomic mass is 9.74. The van der Waals surface area contributed by atoms with E-state index < -0.39 is 0 Å². The van der Waals surface area contributed by atoms with Crippen LogP contribution in [0.3, 0.4) is 0 Å². The lowest BCUT2D eigenvalue weighted by molar-refractivity contribution is 0.206. The molecule has 1 aromatic rings. The van der Waals surface area contributed by atoms with Gasteiger partial charge in [-0.3, -0.25) is 0 Å². The molecule has 0 heterocycles. The molecule has 1 atom stereocenters. The SMILES string of the molecule is CC(C)C(C)(CNC1CC1)Cc1ccc(Br)cc1. The lowest BCUT2D eigenvalue weighted by Gasteiger charge is -2.34. The van der Waals surface area contributed by atoms with Crippen molar-refractivity contribution in [2.75, 3.05) is 6.54 Å². The zero-order valence-corrected chi connectivity index (χ0v) is 13.3. The van der Waals surface area contributed by atoms with Crippen LogP contribution in [0.2, 0.25) is 0 Å². The summed E-state index contributed by atoms with van der Waals surface area (Å²) in [6, 6.07) is 9.56. The monoisotopic (exact) mass is 309 g/mol. The predicted molar refractivity (Wildman–Crippen MR) is 81.8 cm³/mol. The first kappa shape index (κ1) is 14.1. The second kappa shape index (κ2) is 5.75. The molecular weight excluding hydrogens is 286 g/mol. The Bertz CT molecular complexity index is 381. The number of hydrogen-bond donors (Lipinski definition) is 1. The van der Waals surface area contributed by atoms with Gasteiger partial charge in [0.1, 0.15) is 0 Å². The molecule has 1 aliphatic rings. The number of halogens is 1. The van der Waals surface area contributed by atoms with Gasteiger partial charge in [-0.25, -0.2) is 0 Å². The summed E-state index contributed by atoms with van der Waals surface area (Å²) in [6.07, 6.45) is 3.89. The van der Waals surface area contributed by atoms with Gasteiger partial charge in [0, 0.05) is 17.1 Å². The topological polar surface area (TPSA) is 12.0 Å². The van der Waals surface area contributed by atoms with Crippen LogP contribution in [-0.2, 0) is 6.42 Å². The van der Waals surface area contributed by atoms with Crippen LogP contribution in [0.15, 0.2) is 28.7 Å². The van der Waals surface area contributed by atoms with E-state index in [1.54, 1.807) is 0 Å². The summed E-state index contributed by atoms with van der Waals surface area (Å²) in [5.41, 5.74) is 1.78. The van der Waals surface area contributed by atoms with Crippen molar-refractivity contribution >= 4 is 15.9 Å². The maximum atomic E-state index is 3.70. The highest BCUT2D eigenvalue weighted by molar-refractivity contribution is 9.10. The standard InChI is InChI=1S/C16H24BrN/c1-12(2)16(3,11-18-15-8-9-15)10-13-4-6-14(17)7-5-13/h4-7,12,15,18H,8-11H2,1-3H3. The Morgan fingerprint density at radius 2 is 1.89 bits per heavy atom. The summed E-state index contributed by atoms with van der Waals surface area (Å²) in [4.78, 5) is 0. The molecule has 2 heteroatoms. The first-order valence-corrected chi connectivity index (χ1v) is 7.77. The van der Waals surface area contributed by atoms with Gasteiger partial charge in [0.15, 0.2) is 0 Å². The van der Waals surface area contributed by atoms with Crippen LogP contribution < -0.4 is 5.32 Å². The summed E-state index contributed by atoms with van der Waals surface area (Å²) in [5.74, 6) is 0.687. The molecule has 0 spiro atoms. The molecule has 2 rings (SSSR count). The molecule has 1 N–H and O–H groups in total. The molecule has 0 aromatic heterocycles. The largest absolute Gasteiger partial charge is 0.313 e. The maximum Gasteiger partial charge on any atom is 0.0175 e. The Morgan fingerprint density at radius 1 is 1.28 bits per heavy atom. The first-order valence-electron chi connectivity index (χ1n) is 6.97. The molecular formula is C16H24BrN. The van der Waals surface area contributed by atoms with Crippen molar-refractivity contribution in [3.05, 3.63) is 34.3 Å². The fourth-order valence-corrected chi connectivity index (χ4v) is 2.47. The van der Waals surface area contributed by atoms with Crippen molar-refractivity contribution in [2.24, 2.45) is 11.3 Å². The molecule has 0 aliphatic heterocycles. The summed E-state index contributed by atoms with van der Waals surface area (Å²) >= 11 is 3.50. The van der Waals surface area contributed by atoms with E-state index in [2.05, 4.69) is 66.3 Å².